The number of nitrogens with zero attached hydrogens (tertiary/aromatic N) is 2. The van der Waals surface area contributed by atoms with Gasteiger partial charge in [0, 0.05) is 17.4 Å². The van der Waals surface area contributed by atoms with Crippen LogP contribution in [0.4, 0.5) is 0 Å². The fourth-order valence-corrected chi connectivity index (χ4v) is 2.05. The van der Waals surface area contributed by atoms with E-state index in [1.165, 1.54) is 11.2 Å². The van der Waals surface area contributed by atoms with Crippen molar-refractivity contribution in [3.63, 3.8) is 0 Å². The highest BCUT2D eigenvalue weighted by Gasteiger charge is 2.17. The lowest BCUT2D eigenvalue weighted by atomic mass is 10.1. The number of hydrogen-bond acceptors (Lipinski definition) is 1. The number of aryl methyl sites for hydroxylation is 1. The molecule has 0 radical (unpaired) electrons. The molecule has 2 aromatic rings. The van der Waals surface area contributed by atoms with Crippen molar-refractivity contribution in [2.45, 2.75) is 33.2 Å². The van der Waals surface area contributed by atoms with E-state index in [1.807, 2.05) is 12.3 Å². The Labute approximate surface area is 84.6 Å². The summed E-state index contributed by atoms with van der Waals surface area (Å²) >= 11 is 0. The van der Waals surface area contributed by atoms with Crippen molar-refractivity contribution in [2.24, 2.45) is 0 Å². The van der Waals surface area contributed by atoms with Crippen LogP contribution in [0.2, 0.25) is 0 Å². The summed E-state index contributed by atoms with van der Waals surface area (Å²) in [6.07, 6.45) is 1.84. The Kier molecular flexibility index (Phi) is 1.88. The minimum atomic E-state index is 0.120. The summed E-state index contributed by atoms with van der Waals surface area (Å²) in [5, 5.41) is 0. The minimum Gasteiger partial charge on any atom is -0.338 e. The predicted molar refractivity (Wildman–Crippen MR) is 59.5 cm³/mol. The van der Waals surface area contributed by atoms with E-state index in [1.54, 1.807) is 0 Å². The number of fused-ring (bicyclic) bond motifs is 1. The van der Waals surface area contributed by atoms with Crippen LogP contribution in [-0.2, 0) is 5.54 Å². The molecule has 0 N–H and O–H groups in total. The SMILES string of the molecule is Cc1cc2ncccc2n1C(C)(C)C. The van der Waals surface area contributed by atoms with Crippen LogP contribution >= 0.6 is 0 Å². The molecular formula is C12H16N2. The first-order valence-electron chi connectivity index (χ1n) is 4.94. The molecule has 2 heteroatoms. The average molecular weight is 188 g/mol. The van der Waals surface area contributed by atoms with Gasteiger partial charge in [0.1, 0.15) is 0 Å². The van der Waals surface area contributed by atoms with Crippen LogP contribution in [0.25, 0.3) is 11.0 Å². The normalized spacial score (nSPS) is 12.3. The van der Waals surface area contributed by atoms with E-state index in [0.717, 1.165) is 5.52 Å². The van der Waals surface area contributed by atoms with Crippen molar-refractivity contribution in [1.29, 1.82) is 0 Å². The van der Waals surface area contributed by atoms with E-state index in [2.05, 4.69) is 49.4 Å². The Bertz CT molecular complexity index is 461. The monoisotopic (exact) mass is 188 g/mol. The third-order valence-corrected chi connectivity index (χ3v) is 2.43. The lowest BCUT2D eigenvalue weighted by Gasteiger charge is -2.24. The Morgan fingerprint density at radius 1 is 1.29 bits per heavy atom. The molecule has 0 saturated heterocycles. The molecule has 0 spiro atoms. The topological polar surface area (TPSA) is 17.8 Å². The zero-order chi connectivity index (χ0) is 10.3. The van der Waals surface area contributed by atoms with Crippen molar-refractivity contribution < 1.29 is 0 Å². The number of hydrogen-bond donors (Lipinski definition) is 0. The second-order valence-corrected chi connectivity index (χ2v) is 4.70. The summed E-state index contributed by atoms with van der Waals surface area (Å²) in [5.74, 6) is 0. The Morgan fingerprint density at radius 2 is 2.00 bits per heavy atom. The van der Waals surface area contributed by atoms with Crippen LogP contribution in [-0.4, -0.2) is 9.55 Å². The second-order valence-electron chi connectivity index (χ2n) is 4.70. The minimum absolute atomic E-state index is 0.120. The molecule has 2 nitrogen and oxygen atoms in total. The molecule has 2 rings (SSSR count). The molecular weight excluding hydrogens is 172 g/mol. The highest BCUT2D eigenvalue weighted by atomic mass is 15.1. The fourth-order valence-electron chi connectivity index (χ4n) is 2.05. The quantitative estimate of drug-likeness (QED) is 0.621. The van der Waals surface area contributed by atoms with Crippen molar-refractivity contribution in [1.82, 2.24) is 9.55 Å². The summed E-state index contributed by atoms with van der Waals surface area (Å²) in [7, 11) is 0. The van der Waals surface area contributed by atoms with Gasteiger partial charge >= 0.3 is 0 Å². The molecule has 0 atom stereocenters. The van der Waals surface area contributed by atoms with Crippen molar-refractivity contribution in [2.75, 3.05) is 0 Å². The lowest BCUT2D eigenvalue weighted by Crippen LogP contribution is -2.22. The van der Waals surface area contributed by atoms with Crippen molar-refractivity contribution in [3.8, 4) is 0 Å². The predicted octanol–water partition coefficient (Wildman–Crippen LogP) is 3.10. The lowest BCUT2D eigenvalue weighted by molar-refractivity contribution is 0.403. The molecule has 2 aromatic heterocycles. The molecule has 0 aliphatic heterocycles. The average Bonchev–Trinajstić information content (AvgIpc) is 2.38. The van der Waals surface area contributed by atoms with Crippen LogP contribution in [0.3, 0.4) is 0 Å². The summed E-state index contributed by atoms with van der Waals surface area (Å²) in [6, 6.07) is 6.26. The van der Waals surface area contributed by atoms with Gasteiger partial charge in [-0.05, 0) is 45.9 Å². The summed E-state index contributed by atoms with van der Waals surface area (Å²) in [6.45, 7) is 8.78. The molecule has 2 heterocycles. The molecule has 74 valence electrons. The maximum Gasteiger partial charge on any atom is 0.0883 e. The third kappa shape index (κ3) is 1.31. The zero-order valence-electron chi connectivity index (χ0n) is 9.20. The maximum absolute atomic E-state index is 4.36. The van der Waals surface area contributed by atoms with Gasteiger partial charge in [0.15, 0.2) is 0 Å². The van der Waals surface area contributed by atoms with Gasteiger partial charge in [-0.15, -0.1) is 0 Å². The van der Waals surface area contributed by atoms with Crippen LogP contribution in [0, 0.1) is 6.92 Å². The zero-order valence-corrected chi connectivity index (χ0v) is 9.20. The van der Waals surface area contributed by atoms with Crippen LogP contribution < -0.4 is 0 Å². The molecule has 0 amide bonds. The molecule has 0 aromatic carbocycles. The Morgan fingerprint density at radius 3 is 2.64 bits per heavy atom. The van der Waals surface area contributed by atoms with Crippen LogP contribution in [0.15, 0.2) is 24.4 Å². The molecule has 0 aliphatic carbocycles. The first kappa shape index (κ1) is 9.25. The molecule has 0 unspecified atom stereocenters. The van der Waals surface area contributed by atoms with Gasteiger partial charge in [-0.25, -0.2) is 0 Å². The first-order chi connectivity index (χ1) is 6.50. The molecule has 14 heavy (non-hydrogen) atoms. The molecule has 0 saturated carbocycles. The van der Waals surface area contributed by atoms with E-state index in [9.17, 15) is 0 Å². The van der Waals surface area contributed by atoms with Crippen molar-refractivity contribution >= 4 is 11.0 Å². The number of aromatic nitrogens is 2. The van der Waals surface area contributed by atoms with Crippen LogP contribution in [0.5, 0.6) is 0 Å². The Balaban J connectivity index is 2.81. The molecule has 0 aliphatic rings. The van der Waals surface area contributed by atoms with E-state index >= 15 is 0 Å². The summed E-state index contributed by atoms with van der Waals surface area (Å²) in [4.78, 5) is 4.36. The highest BCUT2D eigenvalue weighted by Crippen LogP contribution is 2.25. The number of pyridine rings is 1. The van der Waals surface area contributed by atoms with Gasteiger partial charge in [-0.1, -0.05) is 0 Å². The standard InChI is InChI=1S/C12H16N2/c1-9-8-10-11(6-5-7-13-10)14(9)12(2,3)4/h5-8H,1-4H3. The number of rotatable bonds is 0. The van der Waals surface area contributed by atoms with Gasteiger partial charge in [0.2, 0.25) is 0 Å². The first-order valence-corrected chi connectivity index (χ1v) is 4.94. The van der Waals surface area contributed by atoms with E-state index in [-0.39, 0.29) is 5.54 Å². The maximum atomic E-state index is 4.36. The van der Waals surface area contributed by atoms with Gasteiger partial charge in [0.25, 0.3) is 0 Å². The second kappa shape index (κ2) is 2.84. The van der Waals surface area contributed by atoms with E-state index < -0.39 is 0 Å². The van der Waals surface area contributed by atoms with Crippen molar-refractivity contribution in [3.05, 3.63) is 30.1 Å². The summed E-state index contributed by atoms with van der Waals surface area (Å²) < 4.78 is 2.33. The third-order valence-electron chi connectivity index (χ3n) is 2.43. The Hall–Kier alpha value is -1.31. The van der Waals surface area contributed by atoms with Gasteiger partial charge in [-0.2, -0.15) is 0 Å². The van der Waals surface area contributed by atoms with Gasteiger partial charge in [0.05, 0.1) is 11.0 Å². The van der Waals surface area contributed by atoms with Gasteiger partial charge < -0.3 is 4.57 Å². The fraction of sp³-hybridized carbons (Fsp3) is 0.417. The largest absolute Gasteiger partial charge is 0.338 e. The summed E-state index contributed by atoms with van der Waals surface area (Å²) in [5.41, 5.74) is 3.69. The highest BCUT2D eigenvalue weighted by molar-refractivity contribution is 5.77. The molecule has 0 fully saturated rings. The van der Waals surface area contributed by atoms with Gasteiger partial charge in [-0.3, -0.25) is 4.98 Å². The van der Waals surface area contributed by atoms with Crippen LogP contribution in [0.1, 0.15) is 26.5 Å². The van der Waals surface area contributed by atoms with E-state index in [4.69, 9.17) is 0 Å². The molecule has 0 bridgehead atoms. The van der Waals surface area contributed by atoms with E-state index in [0.29, 0.717) is 0 Å². The smallest absolute Gasteiger partial charge is 0.0883 e.